The van der Waals surface area contributed by atoms with Gasteiger partial charge in [0.15, 0.2) is 0 Å². The van der Waals surface area contributed by atoms with Gasteiger partial charge in [-0.25, -0.2) is 0 Å². The highest BCUT2D eigenvalue weighted by Gasteiger charge is 2.39. The predicted molar refractivity (Wildman–Crippen MR) is 114 cm³/mol. The largest absolute Gasteiger partial charge is 0.378 e. The Labute approximate surface area is 175 Å². The number of aromatic amines is 1. The second-order valence-corrected chi connectivity index (χ2v) is 7.94. The number of ether oxygens (including phenoxy) is 1. The molecule has 1 unspecified atom stereocenters. The van der Waals surface area contributed by atoms with Gasteiger partial charge in [0.2, 0.25) is 5.91 Å². The third-order valence-corrected chi connectivity index (χ3v) is 6.21. The molecule has 6 nitrogen and oxygen atoms in total. The summed E-state index contributed by atoms with van der Waals surface area (Å²) < 4.78 is 5.35. The molecular weight excluding hydrogens is 378 g/mol. The second kappa shape index (κ2) is 7.61. The van der Waals surface area contributed by atoms with Gasteiger partial charge in [-0.1, -0.05) is 36.4 Å². The first-order valence-electron chi connectivity index (χ1n) is 10.5. The molecule has 1 saturated heterocycles. The number of carbonyl (C=O) groups excluding carboxylic acids is 2. The maximum absolute atomic E-state index is 13.3. The smallest absolute Gasteiger partial charge is 0.255 e. The second-order valence-electron chi connectivity index (χ2n) is 7.94. The third-order valence-electron chi connectivity index (χ3n) is 6.21. The number of morpholine rings is 1. The number of nitrogens with zero attached hydrogens (tertiary/aromatic N) is 2. The van der Waals surface area contributed by atoms with Crippen molar-refractivity contribution in [3.63, 3.8) is 0 Å². The Morgan fingerprint density at radius 3 is 2.67 bits per heavy atom. The fourth-order valence-electron chi connectivity index (χ4n) is 4.75. The average molecular weight is 403 g/mol. The molecule has 2 aliphatic heterocycles. The van der Waals surface area contributed by atoms with Crippen molar-refractivity contribution < 1.29 is 14.3 Å². The van der Waals surface area contributed by atoms with Crippen LogP contribution < -0.4 is 0 Å². The molecule has 30 heavy (non-hydrogen) atoms. The van der Waals surface area contributed by atoms with Crippen LogP contribution in [0, 0.1) is 6.92 Å². The summed E-state index contributed by atoms with van der Waals surface area (Å²) in [6, 6.07) is 15.8. The molecule has 0 aliphatic carbocycles. The molecule has 0 bridgehead atoms. The van der Waals surface area contributed by atoms with Crippen LogP contribution in [-0.4, -0.2) is 59.4 Å². The molecule has 1 aromatic heterocycles. The van der Waals surface area contributed by atoms with Crippen molar-refractivity contribution in [3.05, 3.63) is 70.9 Å². The maximum Gasteiger partial charge on any atom is 0.255 e. The van der Waals surface area contributed by atoms with E-state index in [1.807, 2.05) is 46.2 Å². The van der Waals surface area contributed by atoms with Crippen molar-refractivity contribution in [2.75, 3.05) is 32.8 Å². The molecule has 1 N–H and O–H groups in total. The molecular formula is C24H25N3O3. The summed E-state index contributed by atoms with van der Waals surface area (Å²) in [6.07, 6.45) is 0.317. The molecule has 1 atom stereocenters. The van der Waals surface area contributed by atoms with Crippen LogP contribution in [0.3, 0.4) is 0 Å². The summed E-state index contributed by atoms with van der Waals surface area (Å²) in [5.41, 5.74) is 4.96. The van der Waals surface area contributed by atoms with E-state index in [1.54, 1.807) is 0 Å². The van der Waals surface area contributed by atoms with Crippen LogP contribution >= 0.6 is 0 Å². The lowest BCUT2D eigenvalue weighted by molar-refractivity contribution is -0.135. The summed E-state index contributed by atoms with van der Waals surface area (Å²) in [5.74, 6) is 0.0755. The minimum Gasteiger partial charge on any atom is -0.378 e. The highest BCUT2D eigenvalue weighted by Crippen LogP contribution is 2.42. The monoisotopic (exact) mass is 403 g/mol. The van der Waals surface area contributed by atoms with Gasteiger partial charge in [-0.3, -0.25) is 9.59 Å². The van der Waals surface area contributed by atoms with Crippen molar-refractivity contribution in [3.8, 4) is 0 Å². The molecule has 3 aromatic rings. The molecule has 3 heterocycles. The lowest BCUT2D eigenvalue weighted by Crippen LogP contribution is -2.42. The zero-order valence-electron chi connectivity index (χ0n) is 17.1. The highest BCUT2D eigenvalue weighted by molar-refractivity contribution is 6.01. The highest BCUT2D eigenvalue weighted by atomic mass is 16.5. The number of para-hydroxylation sites is 1. The zero-order valence-corrected chi connectivity index (χ0v) is 17.1. The van der Waals surface area contributed by atoms with Gasteiger partial charge in [-0.15, -0.1) is 0 Å². The first-order valence-corrected chi connectivity index (χ1v) is 10.5. The average Bonchev–Trinajstić information content (AvgIpc) is 3.25. The van der Waals surface area contributed by atoms with Crippen molar-refractivity contribution in [2.24, 2.45) is 0 Å². The quantitative estimate of drug-likeness (QED) is 0.727. The Hall–Kier alpha value is -3.12. The lowest BCUT2D eigenvalue weighted by Gasteiger charge is -2.29. The molecule has 6 heteroatoms. The number of benzene rings is 2. The number of aryl methyl sites for hydroxylation is 1. The minimum atomic E-state index is -0.192. The number of H-pyrrole nitrogens is 1. The molecule has 0 saturated carbocycles. The predicted octanol–water partition coefficient (Wildman–Crippen LogP) is 3.27. The van der Waals surface area contributed by atoms with E-state index in [2.05, 4.69) is 24.0 Å². The van der Waals surface area contributed by atoms with E-state index in [1.165, 1.54) is 0 Å². The number of aromatic nitrogens is 1. The van der Waals surface area contributed by atoms with E-state index >= 15 is 0 Å². The molecule has 2 aliphatic rings. The van der Waals surface area contributed by atoms with Crippen LogP contribution in [0.4, 0.5) is 0 Å². The molecule has 1 fully saturated rings. The van der Waals surface area contributed by atoms with E-state index in [0.717, 1.165) is 33.3 Å². The van der Waals surface area contributed by atoms with Gasteiger partial charge in [-0.2, -0.15) is 0 Å². The van der Waals surface area contributed by atoms with Crippen LogP contribution in [0.5, 0.6) is 0 Å². The van der Waals surface area contributed by atoms with Crippen molar-refractivity contribution in [1.29, 1.82) is 0 Å². The van der Waals surface area contributed by atoms with Gasteiger partial charge in [0, 0.05) is 53.8 Å². The van der Waals surface area contributed by atoms with Crippen molar-refractivity contribution in [1.82, 2.24) is 14.8 Å². The van der Waals surface area contributed by atoms with E-state index < -0.39 is 0 Å². The van der Waals surface area contributed by atoms with Crippen LogP contribution in [0.15, 0.2) is 48.5 Å². The van der Waals surface area contributed by atoms with Crippen LogP contribution in [0.1, 0.15) is 39.6 Å². The fraction of sp³-hybridized carbons (Fsp3) is 0.333. The first kappa shape index (κ1) is 18.9. The Kier molecular flexibility index (Phi) is 4.79. The van der Waals surface area contributed by atoms with Crippen LogP contribution in [0.2, 0.25) is 0 Å². The van der Waals surface area contributed by atoms with E-state index in [4.69, 9.17) is 4.74 Å². The molecule has 0 spiro atoms. The standard InChI is InChI=1S/C24H25N3O3/c1-16-22(19-8-4-5-9-20(19)25-16)23-17-6-2-3-7-18(17)24(29)27(23)11-10-21(28)26-12-14-30-15-13-26/h2-9,23,25H,10-15H2,1H3. The van der Waals surface area contributed by atoms with Crippen LogP contribution in [-0.2, 0) is 9.53 Å². The Bertz CT molecular complexity index is 1110. The number of hydrogen-bond acceptors (Lipinski definition) is 3. The third kappa shape index (κ3) is 3.08. The van der Waals surface area contributed by atoms with Gasteiger partial charge < -0.3 is 19.5 Å². The fourth-order valence-corrected chi connectivity index (χ4v) is 4.75. The Morgan fingerprint density at radius 2 is 1.83 bits per heavy atom. The van der Waals surface area contributed by atoms with E-state index in [0.29, 0.717) is 39.3 Å². The molecule has 5 rings (SSSR count). The summed E-state index contributed by atoms with van der Waals surface area (Å²) in [5, 5.41) is 1.12. The van der Waals surface area contributed by atoms with Crippen molar-refractivity contribution in [2.45, 2.75) is 19.4 Å². The molecule has 154 valence electrons. The summed E-state index contributed by atoms with van der Waals surface area (Å²) in [4.78, 5) is 33.2. The van der Waals surface area contributed by atoms with Crippen molar-refractivity contribution >= 4 is 22.7 Å². The molecule has 2 aromatic carbocycles. The number of hydrogen-bond donors (Lipinski definition) is 1. The molecule has 0 radical (unpaired) electrons. The van der Waals surface area contributed by atoms with Gasteiger partial charge >= 0.3 is 0 Å². The van der Waals surface area contributed by atoms with Gasteiger partial charge in [0.05, 0.1) is 19.3 Å². The summed E-state index contributed by atoms with van der Waals surface area (Å²) in [7, 11) is 0. The van der Waals surface area contributed by atoms with Gasteiger partial charge in [0.25, 0.3) is 5.91 Å². The van der Waals surface area contributed by atoms with E-state index in [9.17, 15) is 9.59 Å². The van der Waals surface area contributed by atoms with Crippen LogP contribution in [0.25, 0.3) is 10.9 Å². The lowest BCUT2D eigenvalue weighted by atomic mass is 9.95. The maximum atomic E-state index is 13.3. The number of fused-ring (bicyclic) bond motifs is 2. The normalized spacial score (nSPS) is 18.8. The number of amides is 2. The minimum absolute atomic E-state index is 0.00458. The zero-order chi connectivity index (χ0) is 20.7. The topological polar surface area (TPSA) is 65.6 Å². The first-order chi connectivity index (χ1) is 14.6. The summed E-state index contributed by atoms with van der Waals surface area (Å²) >= 11 is 0. The van der Waals surface area contributed by atoms with Gasteiger partial charge in [-0.05, 0) is 24.6 Å². The SMILES string of the molecule is Cc1[nH]c2ccccc2c1C1c2ccccc2C(=O)N1CCC(=O)N1CCOCC1. The summed E-state index contributed by atoms with van der Waals surface area (Å²) in [6.45, 7) is 4.86. The Morgan fingerprint density at radius 1 is 1.10 bits per heavy atom. The molecule has 2 amide bonds. The number of rotatable bonds is 4. The van der Waals surface area contributed by atoms with E-state index in [-0.39, 0.29) is 17.9 Å². The Balaban J connectivity index is 1.50. The number of carbonyl (C=O) groups is 2. The number of nitrogens with one attached hydrogen (secondary N) is 1. The van der Waals surface area contributed by atoms with Gasteiger partial charge in [0.1, 0.15) is 0 Å².